The number of hydrogen-bond acceptors (Lipinski definition) is 4. The molecule has 1 unspecified atom stereocenters. The highest BCUT2D eigenvalue weighted by atomic mass is 32.2. The van der Waals surface area contributed by atoms with Crippen LogP contribution in [0.1, 0.15) is 44.1 Å². The molecule has 1 saturated carbocycles. The summed E-state index contributed by atoms with van der Waals surface area (Å²) in [5.74, 6) is 1.30. The second-order valence-corrected chi connectivity index (χ2v) is 7.79. The summed E-state index contributed by atoms with van der Waals surface area (Å²) in [5, 5.41) is 3.01. The van der Waals surface area contributed by atoms with Gasteiger partial charge < -0.3 is 10.1 Å². The van der Waals surface area contributed by atoms with Crippen molar-refractivity contribution in [3.05, 3.63) is 35.9 Å². The summed E-state index contributed by atoms with van der Waals surface area (Å²) in [4.78, 5) is 24.3. The molecule has 0 aromatic heterocycles. The van der Waals surface area contributed by atoms with Crippen LogP contribution in [0.3, 0.4) is 0 Å². The fourth-order valence-corrected chi connectivity index (χ4v) is 4.58. The second-order valence-electron chi connectivity index (χ2n) is 6.69. The van der Waals surface area contributed by atoms with E-state index in [9.17, 15) is 9.59 Å². The minimum atomic E-state index is -0.517. The third kappa shape index (κ3) is 4.12. The van der Waals surface area contributed by atoms with Crippen LogP contribution >= 0.6 is 11.8 Å². The first kappa shape index (κ1) is 17.3. The molecule has 1 aliphatic carbocycles. The summed E-state index contributed by atoms with van der Waals surface area (Å²) >= 11 is 1.81. The summed E-state index contributed by atoms with van der Waals surface area (Å²) in [6.07, 6.45) is 5.17. The van der Waals surface area contributed by atoms with Crippen LogP contribution < -0.4 is 5.32 Å². The van der Waals surface area contributed by atoms with E-state index < -0.39 is 5.60 Å². The second kappa shape index (κ2) is 8.06. The van der Waals surface area contributed by atoms with Gasteiger partial charge >= 0.3 is 5.97 Å². The van der Waals surface area contributed by atoms with E-state index in [-0.39, 0.29) is 24.2 Å². The Morgan fingerprint density at radius 1 is 1.21 bits per heavy atom. The number of thioether (sulfide) groups is 1. The van der Waals surface area contributed by atoms with Crippen LogP contribution in [-0.2, 0) is 20.1 Å². The van der Waals surface area contributed by atoms with Crippen LogP contribution in [0.2, 0.25) is 0 Å². The van der Waals surface area contributed by atoms with E-state index in [2.05, 4.69) is 17.4 Å². The molecule has 5 heteroatoms. The molecule has 1 amide bonds. The van der Waals surface area contributed by atoms with Crippen molar-refractivity contribution in [2.24, 2.45) is 5.92 Å². The van der Waals surface area contributed by atoms with Crippen molar-refractivity contribution >= 4 is 23.6 Å². The van der Waals surface area contributed by atoms with Crippen LogP contribution in [0.4, 0.5) is 0 Å². The van der Waals surface area contributed by atoms with Gasteiger partial charge in [-0.15, -0.1) is 0 Å². The Hall–Kier alpha value is -1.49. The number of esters is 1. The quantitative estimate of drug-likeness (QED) is 0.634. The zero-order valence-electron chi connectivity index (χ0n) is 14.0. The van der Waals surface area contributed by atoms with E-state index in [1.807, 2.05) is 18.2 Å². The summed E-state index contributed by atoms with van der Waals surface area (Å²) < 4.78 is 5.60. The van der Waals surface area contributed by atoms with E-state index in [1.54, 1.807) is 11.8 Å². The minimum Gasteiger partial charge on any atom is -0.458 e. The molecule has 1 N–H and O–H groups in total. The van der Waals surface area contributed by atoms with Gasteiger partial charge in [0.1, 0.15) is 5.60 Å². The molecule has 1 aromatic rings. The molecule has 24 heavy (non-hydrogen) atoms. The molecule has 1 heterocycles. The summed E-state index contributed by atoms with van der Waals surface area (Å²) in [6.45, 7) is 0.636. The number of hydrogen-bond donors (Lipinski definition) is 1. The predicted octanol–water partition coefficient (Wildman–Crippen LogP) is 3.30. The Bertz CT molecular complexity index is 569. The lowest BCUT2D eigenvalue weighted by molar-refractivity contribution is -0.153. The molecule has 1 atom stereocenters. The Morgan fingerprint density at radius 2 is 1.96 bits per heavy atom. The van der Waals surface area contributed by atoms with Crippen molar-refractivity contribution in [2.45, 2.75) is 49.9 Å². The highest BCUT2D eigenvalue weighted by Gasteiger charge is 2.52. The molecule has 0 bridgehead atoms. The Kier molecular flexibility index (Phi) is 5.82. The average molecular weight is 347 g/mol. The maximum absolute atomic E-state index is 12.5. The number of rotatable bonds is 6. The molecular formula is C19H25NO3S. The maximum atomic E-state index is 12.5. The maximum Gasteiger partial charge on any atom is 0.307 e. The highest BCUT2D eigenvalue weighted by Crippen LogP contribution is 2.44. The lowest BCUT2D eigenvalue weighted by Crippen LogP contribution is -2.46. The summed E-state index contributed by atoms with van der Waals surface area (Å²) in [7, 11) is 0. The van der Waals surface area contributed by atoms with Gasteiger partial charge in [0.25, 0.3) is 0 Å². The SMILES string of the molecule is O=C1CC(C(=O)NCCSCc2ccccc2)C2(CCCCC2)O1. The smallest absolute Gasteiger partial charge is 0.307 e. The Labute approximate surface area is 147 Å². The van der Waals surface area contributed by atoms with Crippen molar-refractivity contribution in [1.82, 2.24) is 5.32 Å². The first-order valence-electron chi connectivity index (χ1n) is 8.81. The standard InChI is InChI=1S/C19H25NO3S/c21-17-13-16(19(23-17)9-5-2-6-10-19)18(22)20-11-12-24-14-15-7-3-1-4-8-15/h1,3-4,7-8,16H,2,5-6,9-14H2,(H,20,22). The molecule has 3 rings (SSSR count). The molecule has 1 aromatic carbocycles. The Balaban J connectivity index is 1.43. The largest absolute Gasteiger partial charge is 0.458 e. The van der Waals surface area contributed by atoms with E-state index in [4.69, 9.17) is 4.74 Å². The van der Waals surface area contributed by atoms with E-state index in [0.29, 0.717) is 6.54 Å². The first-order valence-corrected chi connectivity index (χ1v) is 9.96. The topological polar surface area (TPSA) is 55.4 Å². The molecule has 1 saturated heterocycles. The fraction of sp³-hybridized carbons (Fsp3) is 0.579. The number of benzene rings is 1. The molecular weight excluding hydrogens is 322 g/mol. The number of nitrogens with one attached hydrogen (secondary N) is 1. The third-order valence-corrected chi connectivity index (χ3v) is 6.03. The predicted molar refractivity (Wildman–Crippen MR) is 95.6 cm³/mol. The number of amides is 1. The van der Waals surface area contributed by atoms with Crippen LogP contribution in [0.5, 0.6) is 0 Å². The lowest BCUT2D eigenvalue weighted by atomic mass is 9.75. The van der Waals surface area contributed by atoms with Gasteiger partial charge in [-0.1, -0.05) is 36.8 Å². The Morgan fingerprint density at radius 3 is 2.71 bits per heavy atom. The van der Waals surface area contributed by atoms with E-state index >= 15 is 0 Å². The summed E-state index contributed by atoms with van der Waals surface area (Å²) in [6, 6.07) is 10.3. The van der Waals surface area contributed by atoms with Gasteiger partial charge in [-0.2, -0.15) is 11.8 Å². The van der Waals surface area contributed by atoms with Crippen molar-refractivity contribution < 1.29 is 14.3 Å². The molecule has 2 aliphatic rings. The lowest BCUT2D eigenvalue weighted by Gasteiger charge is -2.36. The van der Waals surface area contributed by atoms with Crippen molar-refractivity contribution in [1.29, 1.82) is 0 Å². The van der Waals surface area contributed by atoms with Gasteiger partial charge in [-0.25, -0.2) is 0 Å². The normalized spacial score (nSPS) is 22.3. The molecule has 2 fully saturated rings. The van der Waals surface area contributed by atoms with Crippen LogP contribution in [0, 0.1) is 5.92 Å². The van der Waals surface area contributed by atoms with Crippen LogP contribution in [-0.4, -0.2) is 29.8 Å². The van der Waals surface area contributed by atoms with Crippen molar-refractivity contribution in [2.75, 3.05) is 12.3 Å². The minimum absolute atomic E-state index is 0.0111. The highest BCUT2D eigenvalue weighted by molar-refractivity contribution is 7.98. The van der Waals surface area contributed by atoms with Crippen LogP contribution in [0.25, 0.3) is 0 Å². The number of carbonyl (C=O) groups excluding carboxylic acids is 2. The fourth-order valence-electron chi connectivity index (χ4n) is 3.76. The zero-order valence-corrected chi connectivity index (χ0v) is 14.8. The average Bonchev–Trinajstić information content (AvgIpc) is 2.91. The molecule has 4 nitrogen and oxygen atoms in total. The summed E-state index contributed by atoms with van der Waals surface area (Å²) in [5.41, 5.74) is 0.779. The zero-order chi connectivity index (χ0) is 16.8. The number of ether oxygens (including phenoxy) is 1. The van der Waals surface area contributed by atoms with E-state index in [1.165, 1.54) is 12.0 Å². The molecule has 1 spiro atoms. The van der Waals surface area contributed by atoms with Gasteiger partial charge in [0.2, 0.25) is 5.91 Å². The van der Waals surface area contributed by atoms with Gasteiger partial charge in [0.15, 0.2) is 0 Å². The molecule has 1 aliphatic heterocycles. The third-order valence-electron chi connectivity index (χ3n) is 5.00. The van der Waals surface area contributed by atoms with Gasteiger partial charge in [0.05, 0.1) is 12.3 Å². The molecule has 130 valence electrons. The van der Waals surface area contributed by atoms with Crippen molar-refractivity contribution in [3.63, 3.8) is 0 Å². The van der Waals surface area contributed by atoms with Gasteiger partial charge in [0, 0.05) is 18.1 Å². The molecule has 0 radical (unpaired) electrons. The van der Waals surface area contributed by atoms with E-state index in [0.717, 1.165) is 37.2 Å². The van der Waals surface area contributed by atoms with Gasteiger partial charge in [-0.05, 0) is 31.2 Å². The van der Waals surface area contributed by atoms with Crippen LogP contribution in [0.15, 0.2) is 30.3 Å². The monoisotopic (exact) mass is 347 g/mol. The number of carbonyl (C=O) groups is 2. The first-order chi connectivity index (χ1) is 11.7. The van der Waals surface area contributed by atoms with Gasteiger partial charge in [-0.3, -0.25) is 9.59 Å². The van der Waals surface area contributed by atoms with Crippen molar-refractivity contribution in [3.8, 4) is 0 Å².